The molecule has 1 atom stereocenters. The van der Waals surface area contributed by atoms with Crippen LogP contribution in [0.5, 0.6) is 5.75 Å². The quantitative estimate of drug-likeness (QED) is 0.825. The van der Waals surface area contributed by atoms with E-state index in [2.05, 4.69) is 5.32 Å². The van der Waals surface area contributed by atoms with Crippen molar-refractivity contribution < 1.29 is 22.3 Å². The van der Waals surface area contributed by atoms with E-state index in [0.29, 0.717) is 11.4 Å². The summed E-state index contributed by atoms with van der Waals surface area (Å²) in [7, 11) is -3.61. The zero-order chi connectivity index (χ0) is 21.4. The highest BCUT2D eigenvalue weighted by atomic mass is 32.2. The third kappa shape index (κ3) is 4.87. The normalized spacial score (nSPS) is 16.7. The molecule has 1 heterocycles. The number of sulfonamides is 1. The van der Waals surface area contributed by atoms with Crippen LogP contribution in [0.2, 0.25) is 0 Å². The van der Waals surface area contributed by atoms with Crippen molar-refractivity contribution in [1.82, 2.24) is 5.32 Å². The molecule has 6 nitrogen and oxygen atoms in total. The van der Waals surface area contributed by atoms with Gasteiger partial charge in [-0.3, -0.25) is 9.10 Å². The lowest BCUT2D eigenvalue weighted by Gasteiger charge is -2.35. The van der Waals surface area contributed by atoms with Gasteiger partial charge in [0.15, 0.2) is 6.10 Å². The van der Waals surface area contributed by atoms with E-state index in [-0.39, 0.29) is 24.3 Å². The zero-order valence-corrected chi connectivity index (χ0v) is 17.7. The maximum Gasteiger partial charge on any atom is 0.263 e. The minimum atomic E-state index is -3.61. The van der Waals surface area contributed by atoms with E-state index in [9.17, 15) is 17.6 Å². The van der Waals surface area contributed by atoms with Gasteiger partial charge in [-0.1, -0.05) is 39.0 Å². The molecule has 156 valence electrons. The van der Waals surface area contributed by atoms with Gasteiger partial charge < -0.3 is 10.1 Å². The van der Waals surface area contributed by atoms with Crippen LogP contribution in [0.1, 0.15) is 31.9 Å². The van der Waals surface area contributed by atoms with Crippen LogP contribution in [-0.4, -0.2) is 33.2 Å². The summed E-state index contributed by atoms with van der Waals surface area (Å²) in [5, 5.41) is 2.72. The second-order valence-electron chi connectivity index (χ2n) is 8.18. The molecule has 0 aromatic heterocycles. The lowest BCUT2D eigenvalue weighted by Crippen LogP contribution is -2.50. The standard InChI is InChI=1S/C21H25FN2O4S/c1-21(2,3)15-7-10-18-17(11-15)24(29(4,26)27)13-19(28-18)20(25)23-12-14-5-8-16(22)9-6-14/h5-11,19H,12-13H2,1-4H3,(H,23,25)/t19-/m0/s1. The Morgan fingerprint density at radius 3 is 2.45 bits per heavy atom. The first-order valence-corrected chi connectivity index (χ1v) is 11.1. The zero-order valence-electron chi connectivity index (χ0n) is 16.9. The van der Waals surface area contributed by atoms with E-state index < -0.39 is 22.0 Å². The van der Waals surface area contributed by atoms with Crippen molar-refractivity contribution in [2.45, 2.75) is 38.8 Å². The predicted octanol–water partition coefficient (Wildman–Crippen LogP) is 2.97. The van der Waals surface area contributed by atoms with E-state index in [1.54, 1.807) is 24.3 Å². The van der Waals surface area contributed by atoms with Crippen molar-refractivity contribution in [3.63, 3.8) is 0 Å². The van der Waals surface area contributed by atoms with Gasteiger partial charge in [-0.2, -0.15) is 0 Å². The Morgan fingerprint density at radius 2 is 1.86 bits per heavy atom. The number of amides is 1. The van der Waals surface area contributed by atoms with Crippen LogP contribution in [0.4, 0.5) is 10.1 Å². The van der Waals surface area contributed by atoms with E-state index >= 15 is 0 Å². The maximum absolute atomic E-state index is 13.0. The summed E-state index contributed by atoms with van der Waals surface area (Å²) in [6.07, 6.45) is 0.123. The average Bonchev–Trinajstić information content (AvgIpc) is 2.64. The molecule has 0 saturated heterocycles. The smallest absolute Gasteiger partial charge is 0.263 e. The number of fused-ring (bicyclic) bond motifs is 1. The topological polar surface area (TPSA) is 75.7 Å². The molecular formula is C21H25FN2O4S. The predicted molar refractivity (Wildman–Crippen MR) is 110 cm³/mol. The van der Waals surface area contributed by atoms with Crippen LogP contribution in [0.25, 0.3) is 0 Å². The molecule has 29 heavy (non-hydrogen) atoms. The van der Waals surface area contributed by atoms with Crippen LogP contribution in [0, 0.1) is 5.82 Å². The van der Waals surface area contributed by atoms with Crippen molar-refractivity contribution in [3.8, 4) is 5.75 Å². The molecule has 0 spiro atoms. The minimum Gasteiger partial charge on any atom is -0.476 e. The molecule has 1 amide bonds. The van der Waals surface area contributed by atoms with Crippen LogP contribution >= 0.6 is 0 Å². The summed E-state index contributed by atoms with van der Waals surface area (Å²) in [4.78, 5) is 12.6. The van der Waals surface area contributed by atoms with Gasteiger partial charge in [-0.15, -0.1) is 0 Å². The summed E-state index contributed by atoms with van der Waals surface area (Å²) in [5.74, 6) is -0.448. The molecule has 1 N–H and O–H groups in total. The van der Waals surface area contributed by atoms with E-state index in [1.807, 2.05) is 26.8 Å². The molecule has 0 unspecified atom stereocenters. The molecule has 8 heteroatoms. The molecule has 0 fully saturated rings. The number of rotatable bonds is 4. The molecule has 0 radical (unpaired) electrons. The molecule has 1 aliphatic rings. The number of nitrogens with zero attached hydrogens (tertiary/aromatic N) is 1. The SMILES string of the molecule is CC(C)(C)c1ccc2c(c1)N(S(C)(=O)=O)C[C@@H](C(=O)NCc1ccc(F)cc1)O2. The first-order valence-electron chi connectivity index (χ1n) is 9.26. The van der Waals surface area contributed by atoms with Crippen LogP contribution in [0.3, 0.4) is 0 Å². The van der Waals surface area contributed by atoms with Gasteiger partial charge in [-0.25, -0.2) is 12.8 Å². The molecule has 1 aliphatic heterocycles. The highest BCUT2D eigenvalue weighted by molar-refractivity contribution is 7.92. The fraction of sp³-hybridized carbons (Fsp3) is 0.381. The first-order chi connectivity index (χ1) is 13.4. The summed E-state index contributed by atoms with van der Waals surface area (Å²) in [6.45, 7) is 6.18. The number of benzene rings is 2. The van der Waals surface area contributed by atoms with E-state index in [0.717, 1.165) is 17.4 Å². The monoisotopic (exact) mass is 420 g/mol. The van der Waals surface area contributed by atoms with Crippen molar-refractivity contribution >= 4 is 21.6 Å². The van der Waals surface area contributed by atoms with Gasteiger partial charge in [0.1, 0.15) is 11.6 Å². The third-order valence-electron chi connectivity index (χ3n) is 4.77. The van der Waals surface area contributed by atoms with Crippen LogP contribution < -0.4 is 14.4 Å². The third-order valence-corrected chi connectivity index (χ3v) is 5.91. The highest BCUT2D eigenvalue weighted by Gasteiger charge is 2.35. The highest BCUT2D eigenvalue weighted by Crippen LogP contribution is 2.38. The summed E-state index contributed by atoms with van der Waals surface area (Å²) in [5.41, 5.74) is 1.96. The number of carbonyl (C=O) groups is 1. The van der Waals surface area contributed by atoms with E-state index in [4.69, 9.17) is 4.74 Å². The number of carbonyl (C=O) groups excluding carboxylic acids is 1. The Bertz CT molecular complexity index is 1010. The number of ether oxygens (including phenoxy) is 1. The number of anilines is 1. The van der Waals surface area contributed by atoms with Crippen LogP contribution in [-0.2, 0) is 26.8 Å². The summed E-state index contributed by atoms with van der Waals surface area (Å²) in [6, 6.07) is 11.1. The second kappa shape index (κ2) is 7.67. The molecular weight excluding hydrogens is 395 g/mol. The van der Waals surface area contributed by atoms with E-state index in [1.165, 1.54) is 16.4 Å². The van der Waals surface area contributed by atoms with Crippen molar-refractivity contribution in [3.05, 3.63) is 59.4 Å². The van der Waals surface area contributed by atoms with Crippen LogP contribution in [0.15, 0.2) is 42.5 Å². The molecule has 0 bridgehead atoms. The summed E-state index contributed by atoms with van der Waals surface area (Å²) < 4.78 is 44.8. The molecule has 0 aliphatic carbocycles. The van der Waals surface area contributed by atoms with Crippen molar-refractivity contribution in [2.75, 3.05) is 17.1 Å². The van der Waals surface area contributed by atoms with Crippen molar-refractivity contribution in [2.24, 2.45) is 0 Å². The Balaban J connectivity index is 1.82. The molecule has 3 rings (SSSR count). The molecule has 2 aromatic carbocycles. The minimum absolute atomic E-state index is 0.116. The van der Waals surface area contributed by atoms with Gasteiger partial charge in [0.25, 0.3) is 5.91 Å². The average molecular weight is 421 g/mol. The Hall–Kier alpha value is -2.61. The number of hydrogen-bond donors (Lipinski definition) is 1. The first kappa shape index (κ1) is 21.1. The van der Waals surface area contributed by atoms with Gasteiger partial charge in [-0.05, 0) is 40.8 Å². The van der Waals surface area contributed by atoms with Gasteiger partial charge in [0.05, 0.1) is 18.5 Å². The largest absolute Gasteiger partial charge is 0.476 e. The van der Waals surface area contributed by atoms with Gasteiger partial charge >= 0.3 is 0 Å². The lowest BCUT2D eigenvalue weighted by molar-refractivity contribution is -0.127. The number of nitrogens with one attached hydrogen (secondary N) is 1. The summed E-state index contributed by atoms with van der Waals surface area (Å²) >= 11 is 0. The molecule has 2 aromatic rings. The fourth-order valence-corrected chi connectivity index (χ4v) is 3.98. The number of hydrogen-bond acceptors (Lipinski definition) is 4. The van der Waals surface area contributed by atoms with Gasteiger partial charge in [0, 0.05) is 6.54 Å². The fourth-order valence-electron chi connectivity index (χ4n) is 3.07. The van der Waals surface area contributed by atoms with Gasteiger partial charge in [0.2, 0.25) is 10.0 Å². The Morgan fingerprint density at radius 1 is 1.21 bits per heavy atom. The number of halogens is 1. The lowest BCUT2D eigenvalue weighted by atomic mass is 9.86. The second-order valence-corrected chi connectivity index (χ2v) is 10.1. The molecule has 0 saturated carbocycles. The Kier molecular flexibility index (Phi) is 5.58. The maximum atomic E-state index is 13.0. The Labute approximate surface area is 170 Å². The van der Waals surface area contributed by atoms with Crippen molar-refractivity contribution in [1.29, 1.82) is 0 Å².